The van der Waals surface area contributed by atoms with Gasteiger partial charge in [0.05, 0.1) is 17.9 Å². The zero-order valence-electron chi connectivity index (χ0n) is 11.4. The van der Waals surface area contributed by atoms with Crippen LogP contribution in [-0.4, -0.2) is 43.5 Å². The van der Waals surface area contributed by atoms with E-state index in [1.54, 1.807) is 6.92 Å². The van der Waals surface area contributed by atoms with Gasteiger partial charge in [-0.05, 0) is 13.0 Å². The first kappa shape index (κ1) is 15.4. The third kappa shape index (κ3) is 3.02. The molecule has 0 aliphatic carbocycles. The second kappa shape index (κ2) is 6.50. The summed E-state index contributed by atoms with van der Waals surface area (Å²) in [5, 5.41) is 4.70. The number of aromatic nitrogens is 1. The highest BCUT2D eigenvalue weighted by atomic mass is 16.5. The number of hydrogen-bond acceptors (Lipinski definition) is 6. The Kier molecular flexibility index (Phi) is 5.01. The molecule has 0 radical (unpaired) electrons. The zero-order valence-corrected chi connectivity index (χ0v) is 11.4. The number of ether oxygens (including phenoxy) is 1. The molecule has 0 atom stereocenters. The summed E-state index contributed by atoms with van der Waals surface area (Å²) in [4.78, 5) is 39.0. The number of nitrogens with one attached hydrogen (secondary N) is 2. The molecule has 1 rings (SSSR count). The van der Waals surface area contributed by atoms with Gasteiger partial charge < -0.3 is 21.1 Å². The van der Waals surface area contributed by atoms with Gasteiger partial charge >= 0.3 is 5.97 Å². The fourth-order valence-electron chi connectivity index (χ4n) is 1.47. The number of rotatable bonds is 4. The van der Waals surface area contributed by atoms with Crippen molar-refractivity contribution >= 4 is 23.5 Å². The summed E-state index contributed by atoms with van der Waals surface area (Å²) < 4.78 is 4.84. The average molecular weight is 280 g/mol. The molecule has 0 spiro atoms. The van der Waals surface area contributed by atoms with Gasteiger partial charge in [0.1, 0.15) is 5.69 Å². The van der Waals surface area contributed by atoms with Crippen LogP contribution in [0.2, 0.25) is 0 Å². The zero-order chi connectivity index (χ0) is 15.3. The van der Waals surface area contributed by atoms with Crippen molar-refractivity contribution in [3.8, 4) is 0 Å². The van der Waals surface area contributed by atoms with Crippen molar-refractivity contribution in [2.45, 2.75) is 6.92 Å². The maximum Gasteiger partial charge on any atom is 0.340 e. The number of nitrogen functional groups attached to an aromatic ring is 1. The van der Waals surface area contributed by atoms with Gasteiger partial charge in [0.25, 0.3) is 11.8 Å². The lowest BCUT2D eigenvalue weighted by atomic mass is 10.1. The maximum absolute atomic E-state index is 11.8. The summed E-state index contributed by atoms with van der Waals surface area (Å²) in [5.41, 5.74) is 5.25. The lowest BCUT2D eigenvalue weighted by molar-refractivity contribution is 0.0527. The van der Waals surface area contributed by atoms with Crippen molar-refractivity contribution in [2.24, 2.45) is 0 Å². The molecule has 20 heavy (non-hydrogen) atoms. The second-order valence-electron chi connectivity index (χ2n) is 3.70. The molecule has 0 aliphatic heterocycles. The molecule has 1 aromatic heterocycles. The Labute approximate surface area is 115 Å². The Morgan fingerprint density at radius 1 is 1.25 bits per heavy atom. The van der Waals surface area contributed by atoms with Gasteiger partial charge in [0.15, 0.2) is 5.69 Å². The number of anilines is 1. The van der Waals surface area contributed by atoms with Crippen LogP contribution in [0.15, 0.2) is 6.07 Å². The van der Waals surface area contributed by atoms with Gasteiger partial charge in [-0.1, -0.05) is 0 Å². The number of nitrogens with two attached hydrogens (primary N) is 1. The Bertz CT molecular complexity index is 557. The molecule has 0 aromatic carbocycles. The van der Waals surface area contributed by atoms with E-state index in [0.717, 1.165) is 0 Å². The fraction of sp³-hybridized carbons (Fsp3) is 0.333. The lowest BCUT2D eigenvalue weighted by Crippen LogP contribution is -2.26. The SMILES string of the molecule is CCOC(=O)c1cc(C(=O)NC)nc(C(=O)NC)c1N. The summed E-state index contributed by atoms with van der Waals surface area (Å²) in [6.07, 6.45) is 0. The minimum Gasteiger partial charge on any atom is -0.462 e. The number of esters is 1. The summed E-state index contributed by atoms with van der Waals surface area (Å²) in [6, 6.07) is 1.19. The standard InChI is InChI=1S/C12H16N4O4/c1-4-20-12(19)6-5-7(10(17)14-2)16-9(8(6)13)11(18)15-3/h5H,4,13H2,1-3H3,(H,14,17)(H,15,18). The number of pyridine rings is 1. The van der Waals surface area contributed by atoms with E-state index >= 15 is 0 Å². The van der Waals surface area contributed by atoms with E-state index in [1.165, 1.54) is 20.2 Å². The topological polar surface area (TPSA) is 123 Å². The summed E-state index contributed by atoms with van der Waals surface area (Å²) >= 11 is 0. The molecular formula is C12H16N4O4. The molecule has 0 unspecified atom stereocenters. The van der Waals surface area contributed by atoms with Gasteiger partial charge in [-0.25, -0.2) is 9.78 Å². The van der Waals surface area contributed by atoms with Crippen LogP contribution in [0, 0.1) is 0 Å². The lowest BCUT2D eigenvalue weighted by Gasteiger charge is -2.11. The molecule has 0 saturated heterocycles. The first-order valence-electron chi connectivity index (χ1n) is 5.88. The molecule has 0 saturated carbocycles. The molecule has 8 nitrogen and oxygen atoms in total. The number of hydrogen-bond donors (Lipinski definition) is 3. The average Bonchev–Trinajstić information content (AvgIpc) is 2.45. The minimum absolute atomic E-state index is 0.0703. The predicted octanol–water partition coefficient (Wildman–Crippen LogP) is -0.440. The molecular weight excluding hydrogens is 264 g/mol. The Morgan fingerprint density at radius 2 is 1.85 bits per heavy atom. The second-order valence-corrected chi connectivity index (χ2v) is 3.70. The van der Waals surface area contributed by atoms with Crippen LogP contribution < -0.4 is 16.4 Å². The van der Waals surface area contributed by atoms with Crippen molar-refractivity contribution in [3.63, 3.8) is 0 Å². The highest BCUT2D eigenvalue weighted by Crippen LogP contribution is 2.19. The largest absolute Gasteiger partial charge is 0.462 e. The molecule has 4 N–H and O–H groups in total. The van der Waals surface area contributed by atoms with E-state index in [9.17, 15) is 14.4 Å². The van der Waals surface area contributed by atoms with Gasteiger partial charge in [-0.2, -0.15) is 0 Å². The van der Waals surface area contributed by atoms with Crippen LogP contribution in [0.25, 0.3) is 0 Å². The molecule has 108 valence electrons. The summed E-state index contributed by atoms with van der Waals surface area (Å²) in [5.74, 6) is -1.86. The van der Waals surface area contributed by atoms with Crippen molar-refractivity contribution in [2.75, 3.05) is 26.4 Å². The Hall–Kier alpha value is -2.64. The van der Waals surface area contributed by atoms with E-state index < -0.39 is 17.8 Å². The molecule has 2 amide bonds. The van der Waals surface area contributed by atoms with Crippen LogP contribution in [0.1, 0.15) is 38.3 Å². The molecule has 0 fully saturated rings. The maximum atomic E-state index is 11.8. The highest BCUT2D eigenvalue weighted by Gasteiger charge is 2.22. The van der Waals surface area contributed by atoms with Gasteiger partial charge in [-0.3, -0.25) is 9.59 Å². The van der Waals surface area contributed by atoms with Crippen molar-refractivity contribution in [1.29, 1.82) is 0 Å². The van der Waals surface area contributed by atoms with E-state index in [1.807, 2.05) is 0 Å². The van der Waals surface area contributed by atoms with E-state index in [2.05, 4.69) is 15.6 Å². The normalized spacial score (nSPS) is 9.75. The van der Waals surface area contributed by atoms with Crippen LogP contribution >= 0.6 is 0 Å². The van der Waals surface area contributed by atoms with Crippen LogP contribution in [-0.2, 0) is 4.74 Å². The monoisotopic (exact) mass is 280 g/mol. The van der Waals surface area contributed by atoms with Gasteiger partial charge in [0.2, 0.25) is 0 Å². The van der Waals surface area contributed by atoms with Crippen molar-refractivity contribution < 1.29 is 19.1 Å². The summed E-state index contributed by atoms with van der Waals surface area (Å²) in [7, 11) is 2.80. The minimum atomic E-state index is -0.720. The smallest absolute Gasteiger partial charge is 0.340 e. The molecule has 8 heteroatoms. The molecule has 1 heterocycles. The third-order valence-corrected chi connectivity index (χ3v) is 2.46. The van der Waals surface area contributed by atoms with E-state index in [4.69, 9.17) is 10.5 Å². The highest BCUT2D eigenvalue weighted by molar-refractivity contribution is 6.06. The Balaban J connectivity index is 3.45. The van der Waals surface area contributed by atoms with Crippen LogP contribution in [0.3, 0.4) is 0 Å². The first-order valence-corrected chi connectivity index (χ1v) is 5.88. The summed E-state index contributed by atoms with van der Waals surface area (Å²) in [6.45, 7) is 1.78. The number of nitrogens with zero attached hydrogens (tertiary/aromatic N) is 1. The Morgan fingerprint density at radius 3 is 2.35 bits per heavy atom. The first-order chi connectivity index (χ1) is 9.46. The van der Waals surface area contributed by atoms with Gasteiger partial charge in [0, 0.05) is 14.1 Å². The number of carbonyl (C=O) groups is 3. The van der Waals surface area contributed by atoms with E-state index in [0.29, 0.717) is 0 Å². The quantitative estimate of drug-likeness (QED) is 0.642. The van der Waals surface area contributed by atoms with Crippen molar-refractivity contribution in [3.05, 3.63) is 23.0 Å². The van der Waals surface area contributed by atoms with Crippen molar-refractivity contribution in [1.82, 2.24) is 15.6 Å². The predicted molar refractivity (Wildman–Crippen MR) is 71.4 cm³/mol. The molecule has 0 bridgehead atoms. The molecule has 1 aromatic rings. The fourth-order valence-corrected chi connectivity index (χ4v) is 1.47. The van der Waals surface area contributed by atoms with E-state index in [-0.39, 0.29) is 29.2 Å². The van der Waals surface area contributed by atoms with Crippen LogP contribution in [0.4, 0.5) is 5.69 Å². The third-order valence-electron chi connectivity index (χ3n) is 2.46. The van der Waals surface area contributed by atoms with Crippen LogP contribution in [0.5, 0.6) is 0 Å². The number of carbonyl (C=O) groups excluding carboxylic acids is 3. The number of amides is 2. The molecule has 0 aliphatic rings. The van der Waals surface area contributed by atoms with Gasteiger partial charge in [-0.15, -0.1) is 0 Å².